The van der Waals surface area contributed by atoms with Crippen molar-refractivity contribution in [2.45, 2.75) is 31.7 Å². The van der Waals surface area contributed by atoms with Crippen molar-refractivity contribution in [2.75, 3.05) is 33.7 Å². The molecule has 0 aliphatic carbocycles. The maximum atomic E-state index is 2.61. The highest BCUT2D eigenvalue weighted by molar-refractivity contribution is 7.10. The van der Waals surface area contributed by atoms with E-state index in [4.69, 9.17) is 0 Å². The molecule has 0 unspecified atom stereocenters. The smallest absolute Gasteiger partial charge is 0.0573 e. The first-order chi connectivity index (χ1) is 8.19. The third-order valence-corrected chi connectivity index (χ3v) is 5.12. The Kier molecular flexibility index (Phi) is 4.23. The highest BCUT2D eigenvalue weighted by atomic mass is 32.1. The normalized spacial score (nSPS) is 20.9. The Bertz CT molecular complexity index is 324. The van der Waals surface area contributed by atoms with Crippen LogP contribution in [-0.4, -0.2) is 43.5 Å². The maximum Gasteiger partial charge on any atom is 0.0573 e. The molecule has 0 N–H and O–H groups in total. The molecule has 1 aromatic heterocycles. The van der Waals surface area contributed by atoms with Gasteiger partial charge in [-0.15, -0.1) is 11.3 Å². The molecule has 2 rings (SSSR count). The van der Waals surface area contributed by atoms with Gasteiger partial charge in [0.25, 0.3) is 0 Å². The summed E-state index contributed by atoms with van der Waals surface area (Å²) < 4.78 is 0. The average Bonchev–Trinajstić information content (AvgIpc) is 2.84. The predicted octanol–water partition coefficient (Wildman–Crippen LogP) is 3.01. The third kappa shape index (κ3) is 2.56. The lowest BCUT2D eigenvalue weighted by Crippen LogP contribution is -2.50. The van der Waals surface area contributed by atoms with Crippen molar-refractivity contribution in [1.29, 1.82) is 0 Å². The Morgan fingerprint density at radius 1 is 1.35 bits per heavy atom. The Hall–Kier alpha value is -0.380. The van der Waals surface area contributed by atoms with Gasteiger partial charge < -0.3 is 4.90 Å². The molecule has 1 aromatic rings. The van der Waals surface area contributed by atoms with Gasteiger partial charge in [0.15, 0.2) is 0 Å². The number of thiophene rings is 1. The van der Waals surface area contributed by atoms with Crippen molar-refractivity contribution in [3.05, 3.63) is 22.4 Å². The van der Waals surface area contributed by atoms with Gasteiger partial charge >= 0.3 is 0 Å². The van der Waals surface area contributed by atoms with Gasteiger partial charge in [0.2, 0.25) is 0 Å². The van der Waals surface area contributed by atoms with Crippen LogP contribution in [0.1, 0.15) is 31.1 Å². The van der Waals surface area contributed by atoms with E-state index in [1.54, 1.807) is 4.88 Å². The summed E-state index contributed by atoms with van der Waals surface area (Å²) in [6, 6.07) is 4.49. The lowest BCUT2D eigenvalue weighted by Gasteiger charge is -2.45. The molecule has 0 spiro atoms. The summed E-state index contributed by atoms with van der Waals surface area (Å²) in [5.74, 6) is 0. The first-order valence-corrected chi connectivity index (χ1v) is 7.51. The van der Waals surface area contributed by atoms with Crippen LogP contribution in [0.3, 0.4) is 0 Å². The number of piperidine rings is 1. The minimum atomic E-state index is 0.290. The number of hydrogen-bond donors (Lipinski definition) is 0. The molecule has 2 heterocycles. The summed E-state index contributed by atoms with van der Waals surface area (Å²) in [4.78, 5) is 6.58. The predicted molar refractivity (Wildman–Crippen MR) is 75.6 cm³/mol. The van der Waals surface area contributed by atoms with Crippen LogP contribution in [0.15, 0.2) is 17.5 Å². The topological polar surface area (TPSA) is 6.48 Å². The van der Waals surface area contributed by atoms with Crippen molar-refractivity contribution in [2.24, 2.45) is 0 Å². The summed E-state index contributed by atoms with van der Waals surface area (Å²) >= 11 is 1.91. The summed E-state index contributed by atoms with van der Waals surface area (Å²) in [7, 11) is 4.46. The van der Waals surface area contributed by atoms with E-state index in [2.05, 4.69) is 48.3 Å². The molecule has 2 nitrogen and oxygen atoms in total. The fraction of sp³-hybridized carbons (Fsp3) is 0.714. The lowest BCUT2D eigenvalue weighted by molar-refractivity contribution is 0.0568. The zero-order valence-corrected chi connectivity index (χ0v) is 12.1. The fourth-order valence-corrected chi connectivity index (χ4v) is 3.99. The molecular formula is C14H24N2S. The Morgan fingerprint density at radius 3 is 2.53 bits per heavy atom. The number of nitrogens with zero attached hydrogens (tertiary/aromatic N) is 2. The van der Waals surface area contributed by atoms with Crippen molar-refractivity contribution < 1.29 is 0 Å². The monoisotopic (exact) mass is 252 g/mol. The average molecular weight is 252 g/mol. The van der Waals surface area contributed by atoms with E-state index in [1.807, 2.05) is 11.3 Å². The molecule has 0 atom stereocenters. The van der Waals surface area contributed by atoms with Crippen molar-refractivity contribution in [3.8, 4) is 0 Å². The Morgan fingerprint density at radius 2 is 2.06 bits per heavy atom. The second-order valence-electron chi connectivity index (χ2n) is 5.24. The first-order valence-electron chi connectivity index (χ1n) is 6.63. The minimum absolute atomic E-state index is 0.290. The second-order valence-corrected chi connectivity index (χ2v) is 6.19. The zero-order chi connectivity index (χ0) is 12.3. The van der Waals surface area contributed by atoms with Gasteiger partial charge in [-0.2, -0.15) is 0 Å². The molecule has 0 amide bonds. The quantitative estimate of drug-likeness (QED) is 0.813. The Balaban J connectivity index is 2.11. The van der Waals surface area contributed by atoms with Gasteiger partial charge in [-0.3, -0.25) is 4.90 Å². The number of likely N-dealkylation sites (tertiary alicyclic amines) is 1. The van der Waals surface area contributed by atoms with Gasteiger partial charge in [-0.25, -0.2) is 0 Å². The fourth-order valence-electron chi connectivity index (χ4n) is 2.92. The molecule has 1 saturated heterocycles. The minimum Gasteiger partial charge on any atom is -0.303 e. The van der Waals surface area contributed by atoms with E-state index < -0.39 is 0 Å². The van der Waals surface area contributed by atoms with Gasteiger partial charge in [-0.05, 0) is 51.3 Å². The molecule has 1 aliphatic rings. The van der Waals surface area contributed by atoms with Crippen LogP contribution in [0.25, 0.3) is 0 Å². The highest BCUT2D eigenvalue weighted by Gasteiger charge is 2.38. The van der Waals surface area contributed by atoms with Crippen LogP contribution in [0.2, 0.25) is 0 Å². The van der Waals surface area contributed by atoms with Crippen LogP contribution in [0.4, 0.5) is 0 Å². The summed E-state index contributed by atoms with van der Waals surface area (Å²) in [5.41, 5.74) is 0.290. The van der Waals surface area contributed by atoms with E-state index in [-0.39, 0.29) is 0 Å². The summed E-state index contributed by atoms with van der Waals surface area (Å²) in [5, 5.41) is 2.21. The molecule has 0 saturated carbocycles. The van der Waals surface area contributed by atoms with Gasteiger partial charge in [-0.1, -0.05) is 13.0 Å². The summed E-state index contributed by atoms with van der Waals surface area (Å²) in [6.45, 7) is 6.01. The van der Waals surface area contributed by atoms with Crippen LogP contribution >= 0.6 is 11.3 Å². The van der Waals surface area contributed by atoms with E-state index in [9.17, 15) is 0 Å². The van der Waals surface area contributed by atoms with Crippen molar-refractivity contribution in [1.82, 2.24) is 9.80 Å². The van der Waals surface area contributed by atoms with E-state index in [0.717, 1.165) is 0 Å². The largest absolute Gasteiger partial charge is 0.303 e. The number of hydrogen-bond acceptors (Lipinski definition) is 3. The maximum absolute atomic E-state index is 2.61. The van der Waals surface area contributed by atoms with Gasteiger partial charge in [0, 0.05) is 18.0 Å². The summed E-state index contributed by atoms with van der Waals surface area (Å²) in [6.07, 6.45) is 3.80. The third-order valence-electron chi connectivity index (χ3n) is 4.06. The second kappa shape index (κ2) is 5.51. The molecule has 0 aromatic carbocycles. The first kappa shape index (κ1) is 13.1. The zero-order valence-electron chi connectivity index (χ0n) is 11.3. The van der Waals surface area contributed by atoms with E-state index in [0.29, 0.717) is 5.54 Å². The molecular weight excluding hydrogens is 228 g/mol. The van der Waals surface area contributed by atoms with Crippen LogP contribution in [0.5, 0.6) is 0 Å². The van der Waals surface area contributed by atoms with Crippen LogP contribution < -0.4 is 0 Å². The van der Waals surface area contributed by atoms with Gasteiger partial charge in [0.1, 0.15) is 0 Å². The molecule has 17 heavy (non-hydrogen) atoms. The molecule has 96 valence electrons. The molecule has 1 fully saturated rings. The molecule has 0 bridgehead atoms. The lowest BCUT2D eigenvalue weighted by atomic mass is 9.84. The molecule has 3 heteroatoms. The van der Waals surface area contributed by atoms with Gasteiger partial charge in [0.05, 0.1) is 5.54 Å². The van der Waals surface area contributed by atoms with E-state index >= 15 is 0 Å². The number of rotatable bonds is 4. The van der Waals surface area contributed by atoms with Crippen LogP contribution in [-0.2, 0) is 5.54 Å². The van der Waals surface area contributed by atoms with Crippen molar-refractivity contribution in [3.63, 3.8) is 0 Å². The van der Waals surface area contributed by atoms with Crippen molar-refractivity contribution >= 4 is 11.3 Å². The van der Waals surface area contributed by atoms with Crippen LogP contribution in [0, 0.1) is 0 Å². The standard InChI is InChI=1S/C14H24N2S/c1-4-9-16-10-7-14(8-11-16,15(2)3)13-6-5-12-17-13/h5-6,12H,4,7-11H2,1-3H3. The highest BCUT2D eigenvalue weighted by Crippen LogP contribution is 2.39. The molecule has 0 radical (unpaired) electrons. The van der Waals surface area contributed by atoms with E-state index in [1.165, 1.54) is 38.9 Å². The Labute approximate surface area is 109 Å². The SMILES string of the molecule is CCCN1CCC(c2cccs2)(N(C)C)CC1. The molecule has 1 aliphatic heterocycles.